The molecule has 28 heavy (non-hydrogen) atoms. The van der Waals surface area contributed by atoms with Gasteiger partial charge in [0.1, 0.15) is 11.6 Å². The fourth-order valence-electron chi connectivity index (χ4n) is 4.20. The van der Waals surface area contributed by atoms with Crippen LogP contribution in [0.2, 0.25) is 0 Å². The molecule has 2 aromatic heterocycles. The summed E-state index contributed by atoms with van der Waals surface area (Å²) in [4.78, 5) is 19.3. The highest BCUT2D eigenvalue weighted by Crippen LogP contribution is 2.28. The molecule has 0 aliphatic carbocycles. The van der Waals surface area contributed by atoms with E-state index in [1.165, 1.54) is 4.70 Å². The first kappa shape index (κ1) is 17.8. The second-order valence-electron chi connectivity index (χ2n) is 7.53. The molecule has 0 spiro atoms. The number of thiazole rings is 1. The predicted molar refractivity (Wildman–Crippen MR) is 108 cm³/mol. The maximum absolute atomic E-state index is 12.7. The molecular formula is C20H24N6OS. The molecule has 0 atom stereocenters. The highest BCUT2D eigenvalue weighted by atomic mass is 32.1. The summed E-state index contributed by atoms with van der Waals surface area (Å²) in [5, 5.41) is 13.2. The largest absolute Gasteiger partial charge is 0.343 e. The number of benzene rings is 1. The Labute approximate surface area is 167 Å². The highest BCUT2D eigenvalue weighted by molar-refractivity contribution is 7.18. The summed E-state index contributed by atoms with van der Waals surface area (Å²) in [5.41, 5.74) is 1.03. The molecule has 7 nitrogen and oxygen atoms in total. The van der Waals surface area contributed by atoms with Crippen LogP contribution in [0.1, 0.15) is 41.8 Å². The van der Waals surface area contributed by atoms with E-state index in [1.807, 2.05) is 23.1 Å². The number of carbonyl (C=O) groups excluding carboxylic acids is 1. The molecule has 8 heteroatoms. The second kappa shape index (κ2) is 7.60. The van der Waals surface area contributed by atoms with Crippen molar-refractivity contribution in [2.45, 2.75) is 44.7 Å². The Kier molecular flexibility index (Phi) is 4.82. The molecule has 1 N–H and O–H groups in total. The molecule has 0 saturated carbocycles. The fourth-order valence-corrected chi connectivity index (χ4v) is 5.17. The van der Waals surface area contributed by atoms with Gasteiger partial charge in [-0.25, -0.2) is 4.98 Å². The van der Waals surface area contributed by atoms with Gasteiger partial charge in [-0.15, -0.1) is 21.5 Å². The van der Waals surface area contributed by atoms with Crippen molar-refractivity contribution >= 4 is 27.5 Å². The lowest BCUT2D eigenvalue weighted by Crippen LogP contribution is -2.39. The zero-order valence-corrected chi connectivity index (χ0v) is 16.6. The van der Waals surface area contributed by atoms with Crippen LogP contribution in [-0.2, 0) is 24.3 Å². The van der Waals surface area contributed by atoms with Gasteiger partial charge in [-0.2, -0.15) is 0 Å². The van der Waals surface area contributed by atoms with Crippen LogP contribution in [0.25, 0.3) is 10.2 Å². The van der Waals surface area contributed by atoms with E-state index >= 15 is 0 Å². The summed E-state index contributed by atoms with van der Waals surface area (Å²) in [5.74, 6) is 2.80. The summed E-state index contributed by atoms with van der Waals surface area (Å²) >= 11 is 1.69. The number of piperidine rings is 1. The molecule has 1 aromatic carbocycles. The summed E-state index contributed by atoms with van der Waals surface area (Å²) in [7, 11) is 0. The maximum Gasteiger partial charge on any atom is 0.222 e. The first-order chi connectivity index (χ1) is 13.8. The average molecular weight is 397 g/mol. The molecule has 2 aliphatic rings. The van der Waals surface area contributed by atoms with Gasteiger partial charge in [0.25, 0.3) is 0 Å². The molecule has 0 bridgehead atoms. The predicted octanol–water partition coefficient (Wildman–Crippen LogP) is 2.33. The molecule has 3 aromatic rings. The van der Waals surface area contributed by atoms with E-state index in [0.29, 0.717) is 12.3 Å². The number of nitrogens with zero attached hydrogens (tertiary/aromatic N) is 5. The molecule has 2 aliphatic heterocycles. The number of hydrogen-bond acceptors (Lipinski definition) is 6. The Hall–Kier alpha value is -2.32. The van der Waals surface area contributed by atoms with Gasteiger partial charge < -0.3 is 14.8 Å². The third-order valence-electron chi connectivity index (χ3n) is 5.76. The average Bonchev–Trinajstić information content (AvgIpc) is 3.36. The second-order valence-corrected chi connectivity index (χ2v) is 8.65. The number of likely N-dealkylation sites (tertiary alicyclic amines) is 1. The topological polar surface area (TPSA) is 75.9 Å². The minimum Gasteiger partial charge on any atom is -0.343 e. The molecular weight excluding hydrogens is 372 g/mol. The zero-order chi connectivity index (χ0) is 18.9. The number of amides is 1. The van der Waals surface area contributed by atoms with E-state index in [1.54, 1.807) is 11.3 Å². The Morgan fingerprint density at radius 2 is 2.04 bits per heavy atom. The van der Waals surface area contributed by atoms with Gasteiger partial charge in [0, 0.05) is 44.9 Å². The lowest BCUT2D eigenvalue weighted by Gasteiger charge is -2.32. The number of aryl methyl sites for hydroxylation is 1. The van der Waals surface area contributed by atoms with Crippen LogP contribution in [0, 0.1) is 0 Å². The number of carbonyl (C=O) groups is 1. The van der Waals surface area contributed by atoms with Gasteiger partial charge in [-0.1, -0.05) is 12.1 Å². The molecule has 0 unspecified atom stereocenters. The van der Waals surface area contributed by atoms with Crippen molar-refractivity contribution in [3.63, 3.8) is 0 Å². The quantitative estimate of drug-likeness (QED) is 0.733. The Morgan fingerprint density at radius 1 is 1.18 bits per heavy atom. The summed E-state index contributed by atoms with van der Waals surface area (Å²) in [6.45, 7) is 4.34. The molecule has 1 saturated heterocycles. The number of para-hydroxylation sites is 1. The van der Waals surface area contributed by atoms with Gasteiger partial charge in [-0.05, 0) is 25.0 Å². The van der Waals surface area contributed by atoms with Crippen molar-refractivity contribution in [1.82, 2.24) is 30.0 Å². The van der Waals surface area contributed by atoms with Gasteiger partial charge in [0.2, 0.25) is 5.91 Å². The molecule has 1 amide bonds. The van der Waals surface area contributed by atoms with E-state index in [-0.39, 0.29) is 5.91 Å². The number of hydrogen-bond donors (Lipinski definition) is 1. The van der Waals surface area contributed by atoms with Crippen LogP contribution in [0.3, 0.4) is 0 Å². The van der Waals surface area contributed by atoms with Crippen LogP contribution in [-0.4, -0.2) is 50.2 Å². The summed E-state index contributed by atoms with van der Waals surface area (Å²) < 4.78 is 3.46. The first-order valence-electron chi connectivity index (χ1n) is 10.0. The van der Waals surface area contributed by atoms with Gasteiger partial charge in [0.15, 0.2) is 0 Å². The molecule has 4 heterocycles. The summed E-state index contributed by atoms with van der Waals surface area (Å²) in [6.07, 6.45) is 3.20. The van der Waals surface area contributed by atoms with Gasteiger partial charge >= 0.3 is 0 Å². The van der Waals surface area contributed by atoms with Crippen LogP contribution < -0.4 is 5.32 Å². The Bertz CT molecular complexity index is 955. The van der Waals surface area contributed by atoms with Crippen LogP contribution in [0.15, 0.2) is 24.3 Å². The number of aromatic nitrogens is 4. The molecule has 0 radical (unpaired) electrons. The molecule has 1 fully saturated rings. The highest BCUT2D eigenvalue weighted by Gasteiger charge is 2.28. The van der Waals surface area contributed by atoms with Crippen molar-refractivity contribution in [2.24, 2.45) is 0 Å². The number of rotatable bonds is 4. The lowest BCUT2D eigenvalue weighted by atomic mass is 9.95. The SMILES string of the molecule is O=C(CCc1nc2ccccc2s1)N1CCC(c2nnc3n2CCNC3)CC1. The molecule has 5 rings (SSSR count). The van der Waals surface area contributed by atoms with Gasteiger partial charge in [-0.3, -0.25) is 4.79 Å². The Morgan fingerprint density at radius 3 is 2.89 bits per heavy atom. The van der Waals surface area contributed by atoms with Crippen molar-refractivity contribution < 1.29 is 4.79 Å². The van der Waals surface area contributed by atoms with Crippen molar-refractivity contribution in [3.05, 3.63) is 40.9 Å². The van der Waals surface area contributed by atoms with Gasteiger partial charge in [0.05, 0.1) is 21.8 Å². The number of nitrogens with one attached hydrogen (secondary N) is 1. The third-order valence-corrected chi connectivity index (χ3v) is 6.85. The fraction of sp³-hybridized carbons (Fsp3) is 0.500. The molecule has 146 valence electrons. The first-order valence-corrected chi connectivity index (χ1v) is 10.8. The van der Waals surface area contributed by atoms with E-state index < -0.39 is 0 Å². The normalized spacial score (nSPS) is 17.8. The van der Waals surface area contributed by atoms with Crippen molar-refractivity contribution in [3.8, 4) is 0 Å². The third kappa shape index (κ3) is 3.42. The van der Waals surface area contributed by atoms with Crippen molar-refractivity contribution in [1.29, 1.82) is 0 Å². The van der Waals surface area contributed by atoms with E-state index in [9.17, 15) is 4.79 Å². The van der Waals surface area contributed by atoms with Crippen LogP contribution >= 0.6 is 11.3 Å². The van der Waals surface area contributed by atoms with Crippen LogP contribution in [0.4, 0.5) is 0 Å². The van der Waals surface area contributed by atoms with E-state index in [0.717, 1.165) is 74.2 Å². The van der Waals surface area contributed by atoms with E-state index in [4.69, 9.17) is 0 Å². The van der Waals surface area contributed by atoms with Crippen LogP contribution in [0.5, 0.6) is 0 Å². The smallest absolute Gasteiger partial charge is 0.222 e. The summed E-state index contributed by atoms with van der Waals surface area (Å²) in [6, 6.07) is 8.15. The Balaban J connectivity index is 1.16. The number of fused-ring (bicyclic) bond motifs is 2. The minimum absolute atomic E-state index is 0.241. The maximum atomic E-state index is 12.7. The standard InChI is InChI=1S/C20H24N6OS/c27-19(6-5-18-22-15-3-1-2-4-16(15)28-18)25-10-7-14(8-11-25)20-24-23-17-13-21-9-12-26(17)20/h1-4,14,21H,5-13H2. The monoisotopic (exact) mass is 396 g/mol. The zero-order valence-electron chi connectivity index (χ0n) is 15.8. The van der Waals surface area contributed by atoms with Crippen molar-refractivity contribution in [2.75, 3.05) is 19.6 Å². The minimum atomic E-state index is 0.241. The lowest BCUT2D eigenvalue weighted by molar-refractivity contribution is -0.132. The van der Waals surface area contributed by atoms with E-state index in [2.05, 4.69) is 31.1 Å².